The van der Waals surface area contributed by atoms with Crippen LogP contribution in [0.25, 0.3) is 0 Å². The summed E-state index contributed by atoms with van der Waals surface area (Å²) in [6, 6.07) is 16.3. The van der Waals surface area contributed by atoms with Crippen LogP contribution in [-0.2, 0) is 9.59 Å². The average molecular weight is 447 g/mol. The van der Waals surface area contributed by atoms with Crippen molar-refractivity contribution < 1.29 is 27.9 Å². The topological polar surface area (TPSA) is 82.0 Å². The molecule has 0 aliphatic carbocycles. The maximum absolute atomic E-state index is 13.1. The maximum atomic E-state index is 13.1. The summed E-state index contributed by atoms with van der Waals surface area (Å²) in [5.74, 6) is -2.37. The van der Waals surface area contributed by atoms with Gasteiger partial charge in [-0.2, -0.15) is 13.2 Å². The van der Waals surface area contributed by atoms with E-state index in [1.54, 1.807) is 19.2 Å². The number of halogens is 3. The summed E-state index contributed by atoms with van der Waals surface area (Å²) in [6.45, 7) is -0.446. The Labute approximate surface area is 183 Å². The molecule has 0 radical (unpaired) electrons. The van der Waals surface area contributed by atoms with Crippen LogP contribution >= 0.6 is 0 Å². The molecule has 1 aliphatic heterocycles. The Hall–Kier alpha value is -3.20. The minimum absolute atomic E-state index is 0.145. The van der Waals surface area contributed by atoms with Gasteiger partial charge < -0.3 is 15.3 Å². The fourth-order valence-electron chi connectivity index (χ4n) is 3.60. The molecule has 1 aliphatic rings. The molecule has 0 saturated heterocycles. The van der Waals surface area contributed by atoms with Gasteiger partial charge in [0.05, 0.1) is 11.4 Å². The number of carbonyl (C=O) groups is 2. The van der Waals surface area contributed by atoms with Crippen molar-refractivity contribution in [3.63, 3.8) is 0 Å². The van der Waals surface area contributed by atoms with Crippen LogP contribution in [0.2, 0.25) is 0 Å². The fraction of sp³-hybridized carbons (Fsp3) is 0.348. The van der Waals surface area contributed by atoms with E-state index < -0.39 is 49.5 Å². The highest BCUT2D eigenvalue weighted by Gasteiger charge is 2.34. The first-order chi connectivity index (χ1) is 15.2. The number of benzodiazepines with no additional fused rings is 1. The number of rotatable bonds is 7. The minimum Gasteiger partial charge on any atom is -0.396 e. The summed E-state index contributed by atoms with van der Waals surface area (Å²) in [6.07, 6.45) is -7.53. The number of carbonyl (C=O) groups excluding carboxylic acids is 2. The van der Waals surface area contributed by atoms with Crippen LogP contribution in [0.4, 0.5) is 18.9 Å². The van der Waals surface area contributed by atoms with Crippen molar-refractivity contribution in [2.24, 2.45) is 10.9 Å². The van der Waals surface area contributed by atoms with Crippen LogP contribution < -0.4 is 10.2 Å². The van der Waals surface area contributed by atoms with E-state index in [4.69, 9.17) is 0 Å². The third-order valence-electron chi connectivity index (χ3n) is 5.29. The lowest BCUT2D eigenvalue weighted by Gasteiger charge is -2.23. The van der Waals surface area contributed by atoms with Crippen LogP contribution in [0.1, 0.15) is 30.4 Å². The number of amides is 2. The lowest BCUT2D eigenvalue weighted by molar-refractivity contribution is -0.142. The van der Waals surface area contributed by atoms with E-state index in [1.165, 1.54) is 4.90 Å². The molecule has 0 fully saturated rings. The summed E-state index contributed by atoms with van der Waals surface area (Å²) in [4.78, 5) is 31.8. The summed E-state index contributed by atoms with van der Waals surface area (Å²) in [7, 11) is 1.55. The Morgan fingerprint density at radius 3 is 2.44 bits per heavy atom. The molecule has 6 nitrogen and oxygen atoms in total. The molecule has 9 heteroatoms. The van der Waals surface area contributed by atoms with Crippen LogP contribution in [0, 0.1) is 5.92 Å². The van der Waals surface area contributed by atoms with E-state index in [9.17, 15) is 27.9 Å². The van der Waals surface area contributed by atoms with Gasteiger partial charge in [-0.05, 0) is 18.9 Å². The fourth-order valence-corrected chi connectivity index (χ4v) is 3.60. The molecule has 2 unspecified atom stereocenters. The van der Waals surface area contributed by atoms with E-state index in [-0.39, 0.29) is 6.42 Å². The Morgan fingerprint density at radius 2 is 1.78 bits per heavy atom. The number of aliphatic imine (C=N–C) groups is 1. The molecule has 32 heavy (non-hydrogen) atoms. The van der Waals surface area contributed by atoms with Gasteiger partial charge in [0.2, 0.25) is 12.1 Å². The molecule has 3 rings (SSSR count). The summed E-state index contributed by atoms with van der Waals surface area (Å²) in [5, 5.41) is 11.7. The molecule has 1 heterocycles. The third kappa shape index (κ3) is 5.53. The molecular weight excluding hydrogens is 423 g/mol. The van der Waals surface area contributed by atoms with E-state index in [0.29, 0.717) is 17.0 Å². The van der Waals surface area contributed by atoms with E-state index >= 15 is 0 Å². The minimum atomic E-state index is -4.42. The smallest absolute Gasteiger partial charge is 0.389 e. The molecule has 2 N–H and O–H groups in total. The van der Waals surface area contributed by atoms with Gasteiger partial charge in [0, 0.05) is 37.1 Å². The molecule has 2 amide bonds. The van der Waals surface area contributed by atoms with Crippen molar-refractivity contribution in [3.8, 4) is 0 Å². The largest absolute Gasteiger partial charge is 0.396 e. The zero-order valence-electron chi connectivity index (χ0n) is 17.5. The van der Waals surface area contributed by atoms with E-state index in [2.05, 4.69) is 10.3 Å². The van der Waals surface area contributed by atoms with Gasteiger partial charge in [0.25, 0.3) is 5.91 Å². The first-order valence-electron chi connectivity index (χ1n) is 10.2. The molecule has 0 spiro atoms. The molecule has 2 aromatic rings. The normalized spacial score (nSPS) is 17.3. The summed E-state index contributed by atoms with van der Waals surface area (Å²) < 4.78 is 38.0. The van der Waals surface area contributed by atoms with E-state index in [0.717, 1.165) is 5.56 Å². The number of nitrogens with zero attached hydrogens (tertiary/aromatic N) is 2. The molecule has 2 aromatic carbocycles. The Kier molecular flexibility index (Phi) is 7.29. The number of para-hydroxylation sites is 1. The van der Waals surface area contributed by atoms with Crippen molar-refractivity contribution in [2.75, 3.05) is 18.6 Å². The second kappa shape index (κ2) is 9.95. The zero-order valence-corrected chi connectivity index (χ0v) is 17.5. The highest BCUT2D eigenvalue weighted by molar-refractivity contribution is 6.20. The van der Waals surface area contributed by atoms with Gasteiger partial charge in [0.15, 0.2) is 0 Å². The quantitative estimate of drug-likeness (QED) is 0.684. The molecule has 0 saturated carbocycles. The molecular formula is C23H24F3N3O3. The van der Waals surface area contributed by atoms with Gasteiger partial charge in [-0.1, -0.05) is 48.5 Å². The van der Waals surface area contributed by atoms with Gasteiger partial charge in [-0.3, -0.25) is 9.59 Å². The number of fused-ring (bicyclic) bond motifs is 1. The van der Waals surface area contributed by atoms with Crippen molar-refractivity contribution in [2.45, 2.75) is 31.6 Å². The summed E-state index contributed by atoms with van der Waals surface area (Å²) >= 11 is 0. The Balaban J connectivity index is 1.94. The number of hydrogen-bond donors (Lipinski definition) is 2. The van der Waals surface area contributed by atoms with Crippen LogP contribution in [-0.4, -0.2) is 48.6 Å². The second-order valence-corrected chi connectivity index (χ2v) is 7.53. The highest BCUT2D eigenvalue weighted by Crippen LogP contribution is 2.28. The standard InChI is InChI=1S/C23H24F3N3O3/c1-29-18-10-6-5-9-17(18)19(15-7-3-2-4-8-15)27-20(22(29)32)28-21(31)16(12-14-30)11-13-23(24,25)26/h2-10,16,20,30H,11-14H2,1H3,(H,28,31). The number of likely N-dealkylation sites (N-methyl/N-ethyl adjacent to an activating group) is 1. The van der Waals surface area contributed by atoms with Gasteiger partial charge >= 0.3 is 6.18 Å². The molecule has 0 bridgehead atoms. The number of benzene rings is 2. The number of hydrogen-bond acceptors (Lipinski definition) is 4. The SMILES string of the molecule is CN1C(=O)C(NC(=O)C(CCO)CCC(F)(F)F)N=C(c2ccccc2)c2ccccc21. The van der Waals surface area contributed by atoms with E-state index in [1.807, 2.05) is 42.5 Å². The van der Waals surface area contributed by atoms with Crippen molar-refractivity contribution in [3.05, 3.63) is 65.7 Å². The molecule has 2 atom stereocenters. The molecule has 170 valence electrons. The van der Waals surface area contributed by atoms with Crippen LogP contribution in [0.15, 0.2) is 59.6 Å². The predicted molar refractivity (Wildman–Crippen MR) is 114 cm³/mol. The summed E-state index contributed by atoms with van der Waals surface area (Å²) in [5.41, 5.74) is 2.50. The van der Waals surface area contributed by atoms with Crippen LogP contribution in [0.3, 0.4) is 0 Å². The highest BCUT2D eigenvalue weighted by atomic mass is 19.4. The number of anilines is 1. The average Bonchev–Trinajstić information content (AvgIpc) is 2.87. The second-order valence-electron chi connectivity index (χ2n) is 7.53. The zero-order chi connectivity index (χ0) is 23.3. The van der Waals surface area contributed by atoms with Crippen molar-refractivity contribution in [1.82, 2.24) is 5.32 Å². The third-order valence-corrected chi connectivity index (χ3v) is 5.29. The number of nitrogens with one attached hydrogen (secondary N) is 1. The van der Waals surface area contributed by atoms with Gasteiger partial charge in [-0.15, -0.1) is 0 Å². The Bertz CT molecular complexity index is 993. The molecule has 0 aromatic heterocycles. The lowest BCUT2D eigenvalue weighted by Crippen LogP contribution is -2.48. The number of alkyl halides is 3. The van der Waals surface area contributed by atoms with Crippen LogP contribution in [0.5, 0.6) is 0 Å². The Morgan fingerprint density at radius 1 is 1.12 bits per heavy atom. The first kappa shape index (κ1) is 23.5. The first-order valence-corrected chi connectivity index (χ1v) is 10.2. The monoisotopic (exact) mass is 447 g/mol. The van der Waals surface area contributed by atoms with Gasteiger partial charge in [0.1, 0.15) is 0 Å². The van der Waals surface area contributed by atoms with Gasteiger partial charge in [-0.25, -0.2) is 4.99 Å². The van der Waals surface area contributed by atoms with Crippen molar-refractivity contribution >= 4 is 23.2 Å². The number of aliphatic hydroxyl groups excluding tert-OH is 1. The predicted octanol–water partition coefficient (Wildman–Crippen LogP) is 3.28. The maximum Gasteiger partial charge on any atom is 0.389 e. The van der Waals surface area contributed by atoms with Crippen molar-refractivity contribution in [1.29, 1.82) is 0 Å². The lowest BCUT2D eigenvalue weighted by atomic mass is 9.98. The number of aliphatic hydroxyl groups is 1.